The van der Waals surface area contributed by atoms with E-state index in [1.54, 1.807) is 0 Å². The van der Waals surface area contributed by atoms with Gasteiger partial charge in [-0.3, -0.25) is 5.43 Å². The lowest BCUT2D eigenvalue weighted by Crippen LogP contribution is -2.37. The maximum absolute atomic E-state index is 13.2. The average molecular weight is 286 g/mol. The zero-order chi connectivity index (χ0) is 14.0. The second-order valence-corrected chi connectivity index (χ2v) is 5.78. The summed E-state index contributed by atoms with van der Waals surface area (Å²) >= 11 is 0. The van der Waals surface area contributed by atoms with Crippen LogP contribution in [0.25, 0.3) is 5.70 Å². The maximum Gasteiger partial charge on any atom is 0.425 e. The SMILES string of the molecule is COC(=O)NNC1=CCS(=O)(=O)c2ccc(F)cc21. The summed E-state index contributed by atoms with van der Waals surface area (Å²) in [6, 6.07) is 3.36. The summed E-state index contributed by atoms with van der Waals surface area (Å²) < 4.78 is 41.2. The highest BCUT2D eigenvalue weighted by molar-refractivity contribution is 7.91. The van der Waals surface area contributed by atoms with Gasteiger partial charge in [0, 0.05) is 5.56 Å². The first-order valence-corrected chi connectivity index (χ1v) is 6.92. The standard InChI is InChI=1S/C11H11FN2O4S/c1-18-11(15)14-13-9-4-5-19(16,17)10-3-2-7(12)6-8(9)10/h2-4,6,13H,5H2,1H3,(H,14,15). The number of rotatable bonds is 2. The molecule has 0 fully saturated rings. The van der Waals surface area contributed by atoms with Crippen molar-refractivity contribution < 1.29 is 22.3 Å². The van der Waals surface area contributed by atoms with Crippen molar-refractivity contribution in [3.05, 3.63) is 35.7 Å². The summed E-state index contributed by atoms with van der Waals surface area (Å²) in [6.07, 6.45) is 0.611. The van der Waals surface area contributed by atoms with Crippen LogP contribution in [0, 0.1) is 5.82 Å². The normalized spacial score (nSPS) is 16.0. The Morgan fingerprint density at radius 3 is 2.84 bits per heavy atom. The van der Waals surface area contributed by atoms with Crippen molar-refractivity contribution in [2.75, 3.05) is 12.9 Å². The topological polar surface area (TPSA) is 84.5 Å². The maximum atomic E-state index is 13.2. The van der Waals surface area contributed by atoms with Crippen LogP contribution in [0.2, 0.25) is 0 Å². The van der Waals surface area contributed by atoms with Gasteiger partial charge in [0.1, 0.15) is 5.82 Å². The van der Waals surface area contributed by atoms with E-state index in [2.05, 4.69) is 15.6 Å². The Morgan fingerprint density at radius 2 is 2.16 bits per heavy atom. The number of halogens is 1. The number of sulfone groups is 1. The zero-order valence-corrected chi connectivity index (χ0v) is 10.8. The number of nitrogens with one attached hydrogen (secondary N) is 2. The molecule has 0 aromatic heterocycles. The summed E-state index contributed by atoms with van der Waals surface area (Å²) in [6.45, 7) is 0. The third kappa shape index (κ3) is 2.68. The molecule has 1 aliphatic rings. The van der Waals surface area contributed by atoms with Crippen molar-refractivity contribution in [1.29, 1.82) is 0 Å². The van der Waals surface area contributed by atoms with Crippen LogP contribution in [0.15, 0.2) is 29.2 Å². The summed E-state index contributed by atoms with van der Waals surface area (Å²) in [5.74, 6) is -0.793. The molecule has 8 heteroatoms. The predicted octanol–water partition coefficient (Wildman–Crippen LogP) is 0.815. The molecular formula is C11H11FN2O4S. The van der Waals surface area contributed by atoms with Crippen LogP contribution in [0.1, 0.15) is 5.56 Å². The summed E-state index contributed by atoms with van der Waals surface area (Å²) in [4.78, 5) is 11.0. The van der Waals surface area contributed by atoms with Crippen molar-refractivity contribution >= 4 is 21.6 Å². The highest BCUT2D eigenvalue weighted by Crippen LogP contribution is 2.28. The van der Waals surface area contributed by atoms with Crippen LogP contribution in [0.3, 0.4) is 0 Å². The number of benzene rings is 1. The number of hydrogen-bond donors (Lipinski definition) is 2. The molecule has 1 aromatic carbocycles. The average Bonchev–Trinajstić information content (AvgIpc) is 2.37. The molecule has 2 N–H and O–H groups in total. The van der Waals surface area contributed by atoms with E-state index in [-0.39, 0.29) is 16.2 Å². The van der Waals surface area contributed by atoms with Crippen LogP contribution in [0.5, 0.6) is 0 Å². The quantitative estimate of drug-likeness (QED) is 0.621. The fourth-order valence-electron chi connectivity index (χ4n) is 1.66. The summed E-state index contributed by atoms with van der Waals surface area (Å²) in [5.41, 5.74) is 5.16. The van der Waals surface area contributed by atoms with E-state index in [9.17, 15) is 17.6 Å². The van der Waals surface area contributed by atoms with Gasteiger partial charge < -0.3 is 4.74 Å². The molecule has 1 heterocycles. The second-order valence-electron chi connectivity index (χ2n) is 3.78. The molecule has 0 spiro atoms. The highest BCUT2D eigenvalue weighted by Gasteiger charge is 2.25. The first-order chi connectivity index (χ1) is 8.94. The van der Waals surface area contributed by atoms with E-state index >= 15 is 0 Å². The molecule has 1 aliphatic heterocycles. The van der Waals surface area contributed by atoms with Gasteiger partial charge in [-0.15, -0.1) is 0 Å². The Labute approximate surface area is 109 Å². The second kappa shape index (κ2) is 4.88. The molecule has 19 heavy (non-hydrogen) atoms. The Bertz CT molecular complexity index is 655. The molecular weight excluding hydrogens is 275 g/mol. The lowest BCUT2D eigenvalue weighted by molar-refractivity contribution is 0.168. The van der Waals surface area contributed by atoms with E-state index < -0.39 is 21.7 Å². The van der Waals surface area contributed by atoms with E-state index in [1.165, 1.54) is 19.3 Å². The van der Waals surface area contributed by atoms with Gasteiger partial charge in [-0.2, -0.15) is 0 Å². The molecule has 0 unspecified atom stereocenters. The van der Waals surface area contributed by atoms with Crippen LogP contribution in [0.4, 0.5) is 9.18 Å². The number of hydrazine groups is 1. The van der Waals surface area contributed by atoms with E-state index in [4.69, 9.17) is 0 Å². The van der Waals surface area contributed by atoms with Crippen LogP contribution >= 0.6 is 0 Å². The Kier molecular flexibility index (Phi) is 3.43. The number of amides is 1. The summed E-state index contributed by atoms with van der Waals surface area (Å²) in [5, 5.41) is 0. The molecule has 0 saturated carbocycles. The number of ether oxygens (including phenoxy) is 1. The molecule has 2 rings (SSSR count). The molecule has 6 nitrogen and oxygen atoms in total. The van der Waals surface area contributed by atoms with Gasteiger partial charge in [-0.25, -0.2) is 23.0 Å². The number of methoxy groups -OCH3 is 1. The minimum atomic E-state index is -3.46. The summed E-state index contributed by atoms with van der Waals surface area (Å²) in [7, 11) is -2.28. The molecule has 0 bridgehead atoms. The minimum Gasteiger partial charge on any atom is -0.452 e. The van der Waals surface area contributed by atoms with E-state index in [1.807, 2.05) is 0 Å². The monoisotopic (exact) mass is 286 g/mol. The van der Waals surface area contributed by atoms with Crippen molar-refractivity contribution in [2.24, 2.45) is 0 Å². The van der Waals surface area contributed by atoms with E-state index in [0.29, 0.717) is 5.70 Å². The van der Waals surface area contributed by atoms with Gasteiger partial charge in [0.15, 0.2) is 9.84 Å². The zero-order valence-electron chi connectivity index (χ0n) is 9.94. The Morgan fingerprint density at radius 1 is 1.42 bits per heavy atom. The molecule has 0 saturated heterocycles. The Hall–Kier alpha value is -2.09. The van der Waals surface area contributed by atoms with Gasteiger partial charge in [-0.05, 0) is 24.3 Å². The number of hydrogen-bond acceptors (Lipinski definition) is 5. The largest absolute Gasteiger partial charge is 0.452 e. The Balaban J connectivity index is 2.36. The molecule has 0 atom stereocenters. The van der Waals surface area contributed by atoms with Crippen LogP contribution in [-0.4, -0.2) is 27.4 Å². The predicted molar refractivity (Wildman–Crippen MR) is 65.1 cm³/mol. The smallest absolute Gasteiger partial charge is 0.425 e. The van der Waals surface area contributed by atoms with E-state index in [0.717, 1.165) is 12.1 Å². The van der Waals surface area contributed by atoms with Crippen LogP contribution < -0.4 is 10.9 Å². The third-order valence-corrected chi connectivity index (χ3v) is 4.19. The van der Waals surface area contributed by atoms with Gasteiger partial charge in [0.25, 0.3) is 0 Å². The van der Waals surface area contributed by atoms with Crippen molar-refractivity contribution in [1.82, 2.24) is 10.9 Å². The van der Waals surface area contributed by atoms with Gasteiger partial charge >= 0.3 is 6.09 Å². The fourth-order valence-corrected chi connectivity index (χ4v) is 3.01. The van der Waals surface area contributed by atoms with Gasteiger partial charge in [0.2, 0.25) is 0 Å². The number of fused-ring (bicyclic) bond motifs is 1. The third-order valence-electron chi connectivity index (χ3n) is 2.56. The van der Waals surface area contributed by atoms with Crippen LogP contribution in [-0.2, 0) is 14.6 Å². The molecule has 102 valence electrons. The minimum absolute atomic E-state index is 0.0190. The molecule has 1 aromatic rings. The highest BCUT2D eigenvalue weighted by atomic mass is 32.2. The lowest BCUT2D eigenvalue weighted by Gasteiger charge is -2.19. The van der Waals surface area contributed by atoms with Crippen molar-refractivity contribution in [2.45, 2.75) is 4.90 Å². The molecule has 1 amide bonds. The molecule has 0 aliphatic carbocycles. The molecule has 0 radical (unpaired) electrons. The first-order valence-electron chi connectivity index (χ1n) is 5.27. The van der Waals surface area contributed by atoms with Gasteiger partial charge in [-0.1, -0.05) is 0 Å². The van der Waals surface area contributed by atoms with Crippen molar-refractivity contribution in [3.63, 3.8) is 0 Å². The number of carbonyl (C=O) groups excluding carboxylic acids is 1. The number of carbonyl (C=O) groups is 1. The van der Waals surface area contributed by atoms with Crippen molar-refractivity contribution in [3.8, 4) is 0 Å². The van der Waals surface area contributed by atoms with Gasteiger partial charge in [0.05, 0.1) is 23.5 Å². The lowest BCUT2D eigenvalue weighted by atomic mass is 10.1. The first kappa shape index (κ1) is 13.3. The fraction of sp³-hybridized carbons (Fsp3) is 0.182.